The molecule has 1 aliphatic carbocycles. The topological polar surface area (TPSA) is 58.6 Å². The van der Waals surface area contributed by atoms with Crippen LogP contribution in [0.4, 0.5) is 4.79 Å². The Morgan fingerprint density at radius 1 is 1.29 bits per heavy atom. The lowest BCUT2D eigenvalue weighted by Gasteiger charge is -2.51. The van der Waals surface area contributed by atoms with Gasteiger partial charge in [0.05, 0.1) is 0 Å². The van der Waals surface area contributed by atoms with E-state index in [1.807, 2.05) is 0 Å². The van der Waals surface area contributed by atoms with Crippen molar-refractivity contribution in [2.45, 2.75) is 41.0 Å². The number of carbonyl (C=O) groups is 2. The molecule has 1 amide bonds. The minimum absolute atomic E-state index is 0.0274. The van der Waals surface area contributed by atoms with Crippen molar-refractivity contribution in [2.75, 3.05) is 32.8 Å². The van der Waals surface area contributed by atoms with E-state index in [0.717, 1.165) is 26.1 Å². The Kier molecular flexibility index (Phi) is 6.65. The summed E-state index contributed by atoms with van der Waals surface area (Å²) in [6, 6.07) is 0. The Balaban J connectivity index is 2.21. The number of carbonyl (C=O) groups excluding carboxylic acids is 2. The van der Waals surface area contributed by atoms with Gasteiger partial charge in [0.2, 0.25) is 0 Å². The zero-order valence-corrected chi connectivity index (χ0v) is 14.1. The van der Waals surface area contributed by atoms with Gasteiger partial charge in [-0.15, -0.1) is 0 Å². The van der Waals surface area contributed by atoms with E-state index >= 15 is 0 Å². The zero-order valence-electron chi connectivity index (χ0n) is 14.1. The van der Waals surface area contributed by atoms with Crippen molar-refractivity contribution in [3.05, 3.63) is 0 Å². The maximum absolute atomic E-state index is 11.7. The predicted molar refractivity (Wildman–Crippen MR) is 83.2 cm³/mol. The van der Waals surface area contributed by atoms with Crippen LogP contribution in [0.3, 0.4) is 0 Å². The van der Waals surface area contributed by atoms with Crippen molar-refractivity contribution in [1.29, 1.82) is 0 Å². The molecule has 1 rings (SSSR count). The molecule has 1 aliphatic rings. The number of ether oxygens (including phenoxy) is 1. The summed E-state index contributed by atoms with van der Waals surface area (Å²) < 4.78 is 5.18. The van der Waals surface area contributed by atoms with Crippen molar-refractivity contribution in [2.24, 2.45) is 17.3 Å². The highest BCUT2D eigenvalue weighted by Crippen LogP contribution is 2.51. The molecule has 5 heteroatoms. The van der Waals surface area contributed by atoms with E-state index in [4.69, 9.17) is 4.74 Å². The highest BCUT2D eigenvalue weighted by molar-refractivity contribution is 5.80. The maximum atomic E-state index is 11.7. The van der Waals surface area contributed by atoms with Crippen molar-refractivity contribution in [1.82, 2.24) is 10.2 Å². The van der Waals surface area contributed by atoms with Gasteiger partial charge in [0.25, 0.3) is 0 Å². The monoisotopic (exact) mass is 298 g/mol. The van der Waals surface area contributed by atoms with E-state index < -0.39 is 0 Å². The lowest BCUT2D eigenvalue weighted by atomic mass is 9.53. The maximum Gasteiger partial charge on any atom is 0.407 e. The van der Waals surface area contributed by atoms with Crippen LogP contribution in [0.25, 0.3) is 0 Å². The summed E-state index contributed by atoms with van der Waals surface area (Å²) >= 11 is 0. The van der Waals surface area contributed by atoms with Crippen molar-refractivity contribution < 1.29 is 14.3 Å². The summed E-state index contributed by atoms with van der Waals surface area (Å²) in [6.45, 7) is 13.7. The third-order valence-corrected chi connectivity index (χ3v) is 4.99. The lowest BCUT2D eigenvalue weighted by Crippen LogP contribution is -2.52. The number of hydrogen-bond acceptors (Lipinski definition) is 4. The summed E-state index contributed by atoms with van der Waals surface area (Å²) in [4.78, 5) is 25.3. The van der Waals surface area contributed by atoms with Gasteiger partial charge in [-0.05, 0) is 37.8 Å². The number of amides is 1. The van der Waals surface area contributed by atoms with Gasteiger partial charge in [0.15, 0.2) is 0 Å². The minimum atomic E-state index is -0.357. The molecule has 122 valence electrons. The Hall–Kier alpha value is -1.10. The molecule has 0 aliphatic heterocycles. The summed E-state index contributed by atoms with van der Waals surface area (Å²) in [7, 11) is 0. The van der Waals surface area contributed by atoms with Crippen molar-refractivity contribution >= 4 is 11.9 Å². The van der Waals surface area contributed by atoms with Crippen LogP contribution in [0.1, 0.15) is 41.0 Å². The van der Waals surface area contributed by atoms with Gasteiger partial charge in [-0.1, -0.05) is 27.7 Å². The third kappa shape index (κ3) is 4.70. The Bertz CT molecular complexity index is 365. The number of rotatable bonds is 8. The van der Waals surface area contributed by atoms with Crippen LogP contribution in [0.5, 0.6) is 0 Å². The molecule has 0 aromatic heterocycles. The predicted octanol–water partition coefficient (Wildman–Crippen LogP) is 2.31. The Morgan fingerprint density at radius 2 is 1.90 bits per heavy atom. The van der Waals surface area contributed by atoms with Gasteiger partial charge in [-0.25, -0.2) is 4.79 Å². The number of alkyl carbamates (subject to hydrolysis) is 1. The highest BCUT2D eigenvalue weighted by Gasteiger charge is 2.49. The standard InChI is InChI=1S/C16H30N2O3/c1-6-18(7-2)8-9-21-15(20)17-11-13-10-14(12(3)19)16(13,4)5/h13-14H,6-11H2,1-5H3,(H,17,20). The summed E-state index contributed by atoms with van der Waals surface area (Å²) in [5, 5.41) is 2.82. The van der Waals surface area contributed by atoms with Crippen LogP contribution in [-0.4, -0.2) is 49.6 Å². The van der Waals surface area contributed by atoms with Crippen molar-refractivity contribution in [3.63, 3.8) is 0 Å². The van der Waals surface area contributed by atoms with Crippen LogP contribution in [0.15, 0.2) is 0 Å². The molecule has 0 aromatic carbocycles. The van der Waals surface area contributed by atoms with Crippen LogP contribution in [0.2, 0.25) is 0 Å². The Labute approximate surface area is 128 Å². The molecular formula is C16H30N2O3. The molecule has 0 radical (unpaired) electrons. The number of likely N-dealkylation sites (N-methyl/N-ethyl adjacent to an activating group) is 1. The molecule has 0 heterocycles. The fourth-order valence-corrected chi connectivity index (χ4v) is 3.12. The lowest BCUT2D eigenvalue weighted by molar-refractivity contribution is -0.135. The average Bonchev–Trinajstić information content (AvgIpc) is 2.42. The normalized spacial score (nSPS) is 23.5. The molecule has 1 N–H and O–H groups in total. The van der Waals surface area contributed by atoms with Crippen LogP contribution < -0.4 is 5.32 Å². The summed E-state index contributed by atoms with van der Waals surface area (Å²) in [5.74, 6) is 0.725. The van der Waals surface area contributed by atoms with Crippen LogP contribution in [-0.2, 0) is 9.53 Å². The first-order chi connectivity index (χ1) is 9.82. The van der Waals surface area contributed by atoms with Gasteiger partial charge in [0, 0.05) is 19.0 Å². The van der Waals surface area contributed by atoms with E-state index in [9.17, 15) is 9.59 Å². The average molecular weight is 298 g/mol. The molecule has 0 aromatic rings. The van der Waals surface area contributed by atoms with E-state index in [-0.39, 0.29) is 23.2 Å². The first-order valence-corrected chi connectivity index (χ1v) is 7.96. The van der Waals surface area contributed by atoms with Crippen molar-refractivity contribution in [3.8, 4) is 0 Å². The minimum Gasteiger partial charge on any atom is -0.448 e. The molecule has 0 bridgehead atoms. The summed E-state index contributed by atoms with van der Waals surface area (Å²) in [5.41, 5.74) is -0.0274. The second kappa shape index (κ2) is 7.78. The molecule has 5 nitrogen and oxygen atoms in total. The van der Waals surface area contributed by atoms with Crippen LogP contribution >= 0.6 is 0 Å². The highest BCUT2D eigenvalue weighted by atomic mass is 16.5. The Morgan fingerprint density at radius 3 is 2.38 bits per heavy atom. The van der Waals surface area contributed by atoms with Gasteiger partial charge in [0.1, 0.15) is 12.4 Å². The quantitative estimate of drug-likeness (QED) is 0.747. The molecule has 0 saturated heterocycles. The smallest absolute Gasteiger partial charge is 0.407 e. The number of nitrogens with zero attached hydrogens (tertiary/aromatic N) is 1. The van der Waals surface area contributed by atoms with E-state index in [1.54, 1.807) is 6.92 Å². The molecule has 2 unspecified atom stereocenters. The fourth-order valence-electron chi connectivity index (χ4n) is 3.12. The molecule has 1 saturated carbocycles. The molecule has 2 atom stereocenters. The van der Waals surface area contributed by atoms with E-state index in [0.29, 0.717) is 19.1 Å². The van der Waals surface area contributed by atoms with Gasteiger partial charge < -0.3 is 15.0 Å². The fraction of sp³-hybridized carbons (Fsp3) is 0.875. The molecule has 1 fully saturated rings. The van der Waals surface area contributed by atoms with Gasteiger partial charge >= 0.3 is 6.09 Å². The van der Waals surface area contributed by atoms with Crippen LogP contribution in [0, 0.1) is 17.3 Å². The second-order valence-electron chi connectivity index (χ2n) is 6.46. The number of hydrogen-bond donors (Lipinski definition) is 1. The summed E-state index contributed by atoms with van der Waals surface area (Å²) in [6.07, 6.45) is 0.506. The molecule has 21 heavy (non-hydrogen) atoms. The second-order valence-corrected chi connectivity index (χ2v) is 6.46. The van der Waals surface area contributed by atoms with Gasteiger partial charge in [-0.3, -0.25) is 4.79 Å². The first kappa shape index (κ1) is 18.0. The third-order valence-electron chi connectivity index (χ3n) is 4.99. The molecule has 0 spiro atoms. The SMILES string of the molecule is CCN(CC)CCOC(=O)NCC1CC(C(C)=O)C1(C)C. The van der Waals surface area contributed by atoms with Gasteiger partial charge in [-0.2, -0.15) is 0 Å². The molecular weight excluding hydrogens is 268 g/mol. The number of nitrogens with one attached hydrogen (secondary N) is 1. The number of ketones is 1. The first-order valence-electron chi connectivity index (χ1n) is 7.96. The van der Waals surface area contributed by atoms with E-state index in [2.05, 4.69) is 37.9 Å². The number of Topliss-reactive ketones (excluding diaryl/α,β-unsaturated/α-hetero) is 1. The largest absolute Gasteiger partial charge is 0.448 e. The zero-order chi connectivity index (χ0) is 16.0. The van der Waals surface area contributed by atoms with E-state index in [1.165, 1.54) is 0 Å².